The smallest absolute Gasteiger partial charge is 0.146 e. The van der Waals surface area contributed by atoms with Gasteiger partial charge in [-0.1, -0.05) is 152 Å². The highest BCUT2D eigenvalue weighted by molar-refractivity contribution is 6.35. The van der Waals surface area contributed by atoms with E-state index in [1.165, 1.54) is 59.5 Å². The van der Waals surface area contributed by atoms with Crippen molar-refractivity contribution in [3.05, 3.63) is 224 Å². The molecule has 0 aliphatic heterocycles. The van der Waals surface area contributed by atoms with Crippen LogP contribution in [0.4, 0.5) is 34.1 Å². The van der Waals surface area contributed by atoms with Crippen LogP contribution in [0.25, 0.3) is 98.0 Å². The molecule has 5 nitrogen and oxygen atoms in total. The highest BCUT2D eigenvalue weighted by atomic mass is 15.2. The number of anilines is 6. The summed E-state index contributed by atoms with van der Waals surface area (Å²) in [6.45, 7) is 0. The molecular weight excluding hydrogens is 803 g/mol. The highest BCUT2D eigenvalue weighted by Gasteiger charge is 2.29. The second-order valence-corrected chi connectivity index (χ2v) is 17.5. The fraction of sp³-hybridized carbons (Fsp3) is 0. The van der Waals surface area contributed by atoms with Crippen molar-refractivity contribution in [1.82, 2.24) is 13.8 Å². The SMILES string of the molecule is c1ccc(N(c2ccccc2)c2cccc3c4cccc5c6nc7c(cc6n(c23)c45)c2c3ccccc3cc3c4cc5ccccc5c(N(c5ccccc5)c5ccccc5)c4n7c32)cc1. The van der Waals surface area contributed by atoms with Gasteiger partial charge in [0.05, 0.1) is 44.5 Å². The average molecular weight is 840 g/mol. The van der Waals surface area contributed by atoms with Crippen molar-refractivity contribution in [2.75, 3.05) is 9.80 Å². The average Bonchev–Trinajstić information content (AvgIpc) is 4.10. The predicted molar refractivity (Wildman–Crippen MR) is 278 cm³/mol. The molecule has 5 heteroatoms. The van der Waals surface area contributed by atoms with Crippen molar-refractivity contribution < 1.29 is 0 Å². The lowest BCUT2D eigenvalue weighted by molar-refractivity contribution is 1.25. The van der Waals surface area contributed by atoms with Gasteiger partial charge in [-0.25, -0.2) is 4.98 Å². The maximum atomic E-state index is 5.95. The van der Waals surface area contributed by atoms with Crippen LogP contribution < -0.4 is 9.80 Å². The van der Waals surface area contributed by atoms with Crippen molar-refractivity contribution in [3.63, 3.8) is 0 Å². The van der Waals surface area contributed by atoms with Crippen molar-refractivity contribution in [1.29, 1.82) is 0 Å². The van der Waals surface area contributed by atoms with Crippen LogP contribution in [0.15, 0.2) is 224 Å². The Balaban J connectivity index is 1.15. The molecule has 0 aliphatic rings. The van der Waals surface area contributed by atoms with E-state index in [0.29, 0.717) is 0 Å². The van der Waals surface area contributed by atoms with Crippen molar-refractivity contribution in [3.8, 4) is 0 Å². The van der Waals surface area contributed by atoms with Gasteiger partial charge in [0.1, 0.15) is 5.65 Å². The molecule has 5 aromatic heterocycles. The molecule has 0 saturated carbocycles. The predicted octanol–water partition coefficient (Wildman–Crippen LogP) is 16.6. The molecule has 66 heavy (non-hydrogen) atoms. The molecule has 306 valence electrons. The molecule has 0 fully saturated rings. The van der Waals surface area contributed by atoms with Gasteiger partial charge in [0.2, 0.25) is 0 Å². The number of pyridine rings is 1. The van der Waals surface area contributed by atoms with E-state index in [-0.39, 0.29) is 0 Å². The normalized spacial score (nSPS) is 12.2. The van der Waals surface area contributed by atoms with Gasteiger partial charge in [0.25, 0.3) is 0 Å². The number of para-hydroxylation sites is 6. The highest BCUT2D eigenvalue weighted by Crippen LogP contribution is 2.52. The Hall–Kier alpha value is -8.93. The molecule has 0 amide bonds. The second-order valence-electron chi connectivity index (χ2n) is 17.5. The van der Waals surface area contributed by atoms with Gasteiger partial charge in [0.15, 0.2) is 0 Å². The van der Waals surface area contributed by atoms with Gasteiger partial charge in [-0.05, 0) is 89.0 Å². The number of fused-ring (bicyclic) bond motifs is 15. The van der Waals surface area contributed by atoms with Crippen LogP contribution >= 0.6 is 0 Å². The molecule has 5 heterocycles. The molecule has 0 bridgehead atoms. The Morgan fingerprint density at radius 2 is 0.803 bits per heavy atom. The summed E-state index contributed by atoms with van der Waals surface area (Å²) in [7, 11) is 0. The summed E-state index contributed by atoms with van der Waals surface area (Å²) in [5.74, 6) is 0. The molecule has 0 aliphatic carbocycles. The van der Waals surface area contributed by atoms with Crippen LogP contribution in [0.5, 0.6) is 0 Å². The van der Waals surface area contributed by atoms with Gasteiger partial charge in [-0.15, -0.1) is 0 Å². The quantitative estimate of drug-likeness (QED) is 0.167. The third-order valence-electron chi connectivity index (χ3n) is 14.0. The van der Waals surface area contributed by atoms with Crippen LogP contribution in [-0.4, -0.2) is 13.8 Å². The van der Waals surface area contributed by atoms with Crippen molar-refractivity contribution in [2.45, 2.75) is 0 Å². The maximum absolute atomic E-state index is 5.95. The maximum Gasteiger partial charge on any atom is 0.146 e. The Morgan fingerprint density at radius 3 is 1.44 bits per heavy atom. The van der Waals surface area contributed by atoms with Gasteiger partial charge in [-0.3, -0.25) is 4.40 Å². The van der Waals surface area contributed by atoms with E-state index in [2.05, 4.69) is 243 Å². The number of nitrogens with zero attached hydrogens (tertiary/aromatic N) is 5. The molecular formula is C61H37N5. The third-order valence-corrected chi connectivity index (χ3v) is 14.0. The summed E-state index contributed by atoms with van der Waals surface area (Å²) in [6, 6.07) is 81.6. The van der Waals surface area contributed by atoms with Gasteiger partial charge in [0, 0.05) is 65.8 Å². The molecule has 0 spiro atoms. The Morgan fingerprint density at radius 1 is 0.318 bits per heavy atom. The summed E-state index contributed by atoms with van der Waals surface area (Å²) in [5, 5.41) is 13.2. The van der Waals surface area contributed by atoms with Gasteiger partial charge < -0.3 is 14.2 Å². The fourth-order valence-corrected chi connectivity index (χ4v) is 11.4. The molecule has 0 atom stereocenters. The molecule has 0 unspecified atom stereocenters. The van der Waals surface area contributed by atoms with Crippen LogP contribution in [-0.2, 0) is 0 Å². The summed E-state index contributed by atoms with van der Waals surface area (Å²) < 4.78 is 5.02. The lowest BCUT2D eigenvalue weighted by Crippen LogP contribution is -2.11. The first-order valence-electron chi connectivity index (χ1n) is 22.6. The first kappa shape index (κ1) is 35.5. The minimum Gasteiger partial charge on any atom is -0.308 e. The monoisotopic (exact) mass is 839 g/mol. The molecule has 10 aromatic carbocycles. The van der Waals surface area contributed by atoms with E-state index in [1.807, 2.05) is 0 Å². The summed E-state index contributed by atoms with van der Waals surface area (Å²) in [5.41, 5.74) is 14.4. The van der Waals surface area contributed by atoms with Crippen LogP contribution in [0.2, 0.25) is 0 Å². The minimum absolute atomic E-state index is 0.959. The standard InChI is InChI=1S/C61H37N5/c1-5-21-40(22-6-1)63(41-23-7-2-8-24-41)52-34-18-32-47-46-31-17-33-48-55-53(65(56(46)48)57(47)52)37-51-54-44-29-15-13-19-38(44)35-49-50-36-39-20-14-16-30-45(39)59(60(50)66(58(49)54)61(51)62-55)64(42-25-9-3-10-26-42)43-27-11-4-12-28-43/h1-37H. The third kappa shape index (κ3) is 4.70. The van der Waals surface area contributed by atoms with Gasteiger partial charge >= 0.3 is 0 Å². The van der Waals surface area contributed by atoms with Crippen LogP contribution in [0.3, 0.4) is 0 Å². The lowest BCUT2D eigenvalue weighted by atomic mass is 9.98. The van der Waals surface area contributed by atoms with Crippen molar-refractivity contribution >= 4 is 132 Å². The molecule has 15 rings (SSSR count). The fourth-order valence-electron chi connectivity index (χ4n) is 11.4. The van der Waals surface area contributed by atoms with E-state index >= 15 is 0 Å². The molecule has 0 N–H and O–H groups in total. The minimum atomic E-state index is 0.959. The number of benzene rings is 10. The van der Waals surface area contributed by atoms with E-state index in [9.17, 15) is 0 Å². The Kier molecular flexibility index (Phi) is 7.16. The zero-order valence-corrected chi connectivity index (χ0v) is 35.6. The lowest BCUT2D eigenvalue weighted by Gasteiger charge is -2.28. The first-order chi connectivity index (χ1) is 32.8. The van der Waals surface area contributed by atoms with E-state index in [0.717, 1.165) is 72.6 Å². The number of hydrogen-bond donors (Lipinski definition) is 0. The second kappa shape index (κ2) is 13.3. The van der Waals surface area contributed by atoms with E-state index in [1.54, 1.807) is 0 Å². The van der Waals surface area contributed by atoms with Crippen molar-refractivity contribution in [2.24, 2.45) is 0 Å². The van der Waals surface area contributed by atoms with Gasteiger partial charge in [-0.2, -0.15) is 0 Å². The zero-order valence-electron chi connectivity index (χ0n) is 35.6. The van der Waals surface area contributed by atoms with E-state index in [4.69, 9.17) is 4.98 Å². The first-order valence-corrected chi connectivity index (χ1v) is 22.6. The summed E-state index contributed by atoms with van der Waals surface area (Å²) in [6.07, 6.45) is 0. The Bertz CT molecular complexity index is 4310. The summed E-state index contributed by atoms with van der Waals surface area (Å²) in [4.78, 5) is 10.8. The molecule has 0 radical (unpaired) electrons. The topological polar surface area (TPSA) is 28.2 Å². The van der Waals surface area contributed by atoms with Crippen LogP contribution in [0, 0.1) is 0 Å². The number of rotatable bonds is 6. The molecule has 0 saturated heterocycles. The Labute approximate surface area is 378 Å². The van der Waals surface area contributed by atoms with Crippen LogP contribution in [0.1, 0.15) is 0 Å². The number of hydrogen-bond acceptors (Lipinski definition) is 3. The number of aromatic nitrogens is 3. The van der Waals surface area contributed by atoms with E-state index < -0.39 is 0 Å². The molecule has 15 aromatic rings. The largest absolute Gasteiger partial charge is 0.308 e. The zero-order chi connectivity index (χ0) is 43.0. The summed E-state index contributed by atoms with van der Waals surface area (Å²) >= 11 is 0.